The van der Waals surface area contributed by atoms with Gasteiger partial charge in [0.1, 0.15) is 6.26 Å². The Morgan fingerprint density at radius 1 is 1.27 bits per heavy atom. The molecule has 3 rings (SSSR count). The summed E-state index contributed by atoms with van der Waals surface area (Å²) < 4.78 is 4.99. The molecule has 1 aromatic carbocycles. The fraction of sp³-hybridized carbons (Fsp3) is 0.429. The first-order valence-electron chi connectivity index (χ1n) is 9.29. The van der Waals surface area contributed by atoms with Gasteiger partial charge in [-0.05, 0) is 44.2 Å². The Labute approximate surface area is 154 Å². The summed E-state index contributed by atoms with van der Waals surface area (Å²) in [5, 5.41) is 3.12. The first-order valence-corrected chi connectivity index (χ1v) is 9.29. The van der Waals surface area contributed by atoms with Crippen molar-refractivity contribution in [2.45, 2.75) is 38.6 Å². The Kier molecular flexibility index (Phi) is 6.10. The van der Waals surface area contributed by atoms with Crippen LogP contribution in [0.1, 0.15) is 42.1 Å². The van der Waals surface area contributed by atoms with Gasteiger partial charge >= 0.3 is 0 Å². The minimum Gasteiger partial charge on any atom is -0.472 e. The molecule has 1 aliphatic heterocycles. The van der Waals surface area contributed by atoms with E-state index in [4.69, 9.17) is 4.42 Å². The van der Waals surface area contributed by atoms with Crippen molar-refractivity contribution in [3.8, 4) is 0 Å². The van der Waals surface area contributed by atoms with Crippen LogP contribution in [0, 0.1) is 5.92 Å². The summed E-state index contributed by atoms with van der Waals surface area (Å²) in [6, 6.07) is 12.1. The van der Waals surface area contributed by atoms with E-state index in [2.05, 4.69) is 17.4 Å². The number of aryl methyl sites for hydroxylation is 1. The van der Waals surface area contributed by atoms with Gasteiger partial charge in [0.2, 0.25) is 5.91 Å². The highest BCUT2D eigenvalue weighted by atomic mass is 16.3. The van der Waals surface area contributed by atoms with E-state index in [1.807, 2.05) is 25.1 Å². The standard InChI is InChI=1S/C21H26N2O3/c1-16(9-10-17-6-3-2-4-7-17)22-20(24)18-8-5-12-23(14-18)21(25)19-11-13-26-15-19/h2-4,6-7,11,13,15-16,18H,5,8-10,12,14H2,1H3,(H,22,24)/t16-,18-/m1/s1. The highest BCUT2D eigenvalue weighted by Gasteiger charge is 2.29. The Hall–Kier alpha value is -2.56. The van der Waals surface area contributed by atoms with Gasteiger partial charge in [0.25, 0.3) is 5.91 Å². The molecular formula is C21H26N2O3. The molecule has 0 radical (unpaired) electrons. The number of nitrogens with one attached hydrogen (secondary N) is 1. The third-order valence-corrected chi connectivity index (χ3v) is 4.95. The predicted octanol–water partition coefficient (Wildman–Crippen LogP) is 3.27. The van der Waals surface area contributed by atoms with Crippen LogP contribution >= 0.6 is 0 Å². The Balaban J connectivity index is 1.48. The van der Waals surface area contributed by atoms with E-state index < -0.39 is 0 Å². The van der Waals surface area contributed by atoms with E-state index in [-0.39, 0.29) is 23.8 Å². The summed E-state index contributed by atoms with van der Waals surface area (Å²) in [7, 11) is 0. The second-order valence-corrected chi connectivity index (χ2v) is 7.04. The van der Waals surface area contributed by atoms with Crippen LogP contribution in [-0.2, 0) is 11.2 Å². The lowest BCUT2D eigenvalue weighted by molar-refractivity contribution is -0.127. The molecule has 2 amide bonds. The first kappa shape index (κ1) is 18.2. The molecular weight excluding hydrogens is 328 g/mol. The van der Waals surface area contributed by atoms with Gasteiger partial charge in [-0.1, -0.05) is 30.3 Å². The number of furan rings is 1. The Morgan fingerprint density at radius 2 is 2.08 bits per heavy atom. The van der Waals surface area contributed by atoms with Crippen molar-refractivity contribution in [3.05, 3.63) is 60.1 Å². The van der Waals surface area contributed by atoms with Crippen LogP contribution in [0.2, 0.25) is 0 Å². The maximum Gasteiger partial charge on any atom is 0.257 e. The molecule has 5 nitrogen and oxygen atoms in total. The van der Waals surface area contributed by atoms with Gasteiger partial charge in [-0.2, -0.15) is 0 Å². The SMILES string of the molecule is C[C@H](CCc1ccccc1)NC(=O)[C@@H]1CCCN(C(=O)c2ccoc2)C1. The van der Waals surface area contributed by atoms with Crippen LogP contribution in [-0.4, -0.2) is 35.8 Å². The second-order valence-electron chi connectivity index (χ2n) is 7.04. The normalized spacial score (nSPS) is 18.3. The van der Waals surface area contributed by atoms with Crippen LogP contribution in [0.3, 0.4) is 0 Å². The van der Waals surface area contributed by atoms with E-state index in [9.17, 15) is 9.59 Å². The number of carbonyl (C=O) groups is 2. The van der Waals surface area contributed by atoms with Crippen molar-refractivity contribution in [1.29, 1.82) is 0 Å². The number of carbonyl (C=O) groups excluding carboxylic acids is 2. The van der Waals surface area contributed by atoms with E-state index in [0.29, 0.717) is 18.7 Å². The Bertz CT molecular complexity index is 712. The summed E-state index contributed by atoms with van der Waals surface area (Å²) in [4.78, 5) is 26.8. The van der Waals surface area contributed by atoms with Crippen molar-refractivity contribution >= 4 is 11.8 Å². The summed E-state index contributed by atoms with van der Waals surface area (Å²) in [5.74, 6) is -0.151. The van der Waals surface area contributed by atoms with Crippen LogP contribution < -0.4 is 5.32 Å². The molecule has 0 bridgehead atoms. The summed E-state index contributed by atoms with van der Waals surface area (Å²) in [5.41, 5.74) is 1.82. The van der Waals surface area contributed by atoms with Gasteiger partial charge in [-0.15, -0.1) is 0 Å². The predicted molar refractivity (Wildman–Crippen MR) is 99.7 cm³/mol. The van der Waals surface area contributed by atoms with Crippen molar-refractivity contribution in [3.63, 3.8) is 0 Å². The number of piperidine rings is 1. The van der Waals surface area contributed by atoms with Gasteiger partial charge < -0.3 is 14.6 Å². The molecule has 26 heavy (non-hydrogen) atoms. The molecule has 1 saturated heterocycles. The van der Waals surface area contributed by atoms with Crippen LogP contribution in [0.25, 0.3) is 0 Å². The van der Waals surface area contributed by atoms with Gasteiger partial charge in [-0.3, -0.25) is 9.59 Å². The zero-order valence-electron chi connectivity index (χ0n) is 15.2. The summed E-state index contributed by atoms with van der Waals surface area (Å²) in [6.07, 6.45) is 6.47. The largest absolute Gasteiger partial charge is 0.472 e. The molecule has 2 atom stereocenters. The van der Waals surface area contributed by atoms with Crippen LogP contribution in [0.15, 0.2) is 53.3 Å². The molecule has 0 saturated carbocycles. The lowest BCUT2D eigenvalue weighted by atomic mass is 9.96. The second kappa shape index (κ2) is 8.70. The number of hydrogen-bond acceptors (Lipinski definition) is 3. The average Bonchev–Trinajstić information content (AvgIpc) is 3.21. The first-order chi connectivity index (χ1) is 12.6. The van der Waals surface area contributed by atoms with E-state index in [0.717, 1.165) is 25.7 Å². The topological polar surface area (TPSA) is 62.6 Å². The number of nitrogens with zero attached hydrogens (tertiary/aromatic N) is 1. The molecule has 138 valence electrons. The third-order valence-electron chi connectivity index (χ3n) is 4.95. The molecule has 0 spiro atoms. The maximum absolute atomic E-state index is 12.6. The zero-order valence-corrected chi connectivity index (χ0v) is 15.2. The molecule has 0 aliphatic carbocycles. The van der Waals surface area contributed by atoms with Crippen LogP contribution in [0.5, 0.6) is 0 Å². The minimum absolute atomic E-state index is 0.0512. The number of benzene rings is 1. The van der Waals surface area contributed by atoms with Gasteiger partial charge in [0, 0.05) is 19.1 Å². The fourth-order valence-electron chi connectivity index (χ4n) is 3.41. The average molecular weight is 354 g/mol. The lowest BCUT2D eigenvalue weighted by Crippen LogP contribution is -2.47. The monoisotopic (exact) mass is 354 g/mol. The van der Waals surface area contributed by atoms with Crippen molar-refractivity contribution in [2.24, 2.45) is 5.92 Å². The number of amides is 2. The molecule has 0 unspecified atom stereocenters. The lowest BCUT2D eigenvalue weighted by Gasteiger charge is -2.32. The molecule has 1 aromatic heterocycles. The maximum atomic E-state index is 12.6. The number of rotatable bonds is 6. The van der Waals surface area contributed by atoms with E-state index >= 15 is 0 Å². The van der Waals surface area contributed by atoms with Crippen molar-refractivity contribution < 1.29 is 14.0 Å². The zero-order chi connectivity index (χ0) is 18.4. The highest BCUT2D eigenvalue weighted by molar-refractivity contribution is 5.94. The molecule has 1 N–H and O–H groups in total. The van der Waals surface area contributed by atoms with Gasteiger partial charge in [0.15, 0.2) is 0 Å². The fourth-order valence-corrected chi connectivity index (χ4v) is 3.41. The van der Waals surface area contributed by atoms with Crippen LogP contribution in [0.4, 0.5) is 0 Å². The molecule has 2 heterocycles. The van der Waals surface area contributed by atoms with Gasteiger partial charge in [0.05, 0.1) is 17.7 Å². The number of hydrogen-bond donors (Lipinski definition) is 1. The van der Waals surface area contributed by atoms with Gasteiger partial charge in [-0.25, -0.2) is 0 Å². The summed E-state index contributed by atoms with van der Waals surface area (Å²) >= 11 is 0. The number of likely N-dealkylation sites (tertiary alicyclic amines) is 1. The van der Waals surface area contributed by atoms with E-state index in [1.54, 1.807) is 11.0 Å². The Morgan fingerprint density at radius 3 is 2.81 bits per heavy atom. The quantitative estimate of drug-likeness (QED) is 0.866. The third kappa shape index (κ3) is 4.75. The molecule has 5 heteroatoms. The smallest absolute Gasteiger partial charge is 0.257 e. The van der Waals surface area contributed by atoms with Crippen molar-refractivity contribution in [2.75, 3.05) is 13.1 Å². The molecule has 2 aromatic rings. The minimum atomic E-state index is -0.140. The molecule has 1 fully saturated rings. The highest BCUT2D eigenvalue weighted by Crippen LogP contribution is 2.19. The molecule has 1 aliphatic rings. The van der Waals surface area contributed by atoms with E-state index in [1.165, 1.54) is 18.1 Å². The van der Waals surface area contributed by atoms with Crippen molar-refractivity contribution in [1.82, 2.24) is 10.2 Å². The summed E-state index contributed by atoms with van der Waals surface area (Å²) in [6.45, 7) is 3.21.